The SMILES string of the molecule is C=CCN(C)C(=O)[C@H](NC(=O)[C@H](CC)NC(=O)[C@H](CCCN=C(N)N(c1c(C)c(C)c2c(c1C)CC(C)(C)O2)S(=O)O)NC(=O)[C@@](C)(CC=C)NCC(C)C)c1ccc(Cl)cc1. The Bertz CT molecular complexity index is 2020. The summed E-state index contributed by atoms with van der Waals surface area (Å²) >= 11 is 3.53. The van der Waals surface area contributed by atoms with E-state index in [9.17, 15) is 27.9 Å². The maximum atomic E-state index is 14.2. The monoisotopic (exact) mass is 898 g/mol. The molecule has 1 aliphatic rings. The Morgan fingerprint density at radius 2 is 1.66 bits per heavy atom. The van der Waals surface area contributed by atoms with E-state index in [-0.39, 0.29) is 50.7 Å². The maximum Gasteiger partial charge on any atom is 0.269 e. The van der Waals surface area contributed by atoms with Crippen molar-refractivity contribution in [2.24, 2.45) is 16.6 Å². The number of likely N-dealkylation sites (N-methyl/N-ethyl adjacent to an activating group) is 1. The summed E-state index contributed by atoms with van der Waals surface area (Å²) in [5.41, 5.74) is 9.07. The third kappa shape index (κ3) is 13.1. The highest BCUT2D eigenvalue weighted by Gasteiger charge is 2.38. The van der Waals surface area contributed by atoms with Crippen molar-refractivity contribution in [3.05, 3.63) is 82.4 Å². The van der Waals surface area contributed by atoms with Gasteiger partial charge < -0.3 is 36.6 Å². The van der Waals surface area contributed by atoms with Crippen LogP contribution in [-0.2, 0) is 36.9 Å². The Morgan fingerprint density at radius 3 is 2.23 bits per heavy atom. The number of benzene rings is 2. The lowest BCUT2D eigenvalue weighted by Gasteiger charge is -2.32. The first kappa shape index (κ1) is 51.6. The largest absolute Gasteiger partial charge is 0.487 e. The molecule has 0 saturated carbocycles. The lowest BCUT2D eigenvalue weighted by Crippen LogP contribution is -2.60. The minimum Gasteiger partial charge on any atom is -0.487 e. The minimum absolute atomic E-state index is 0.0215. The molecular weight excluding hydrogens is 832 g/mol. The van der Waals surface area contributed by atoms with Crippen molar-refractivity contribution < 1.29 is 32.7 Å². The lowest BCUT2D eigenvalue weighted by atomic mass is 9.92. The van der Waals surface area contributed by atoms with Gasteiger partial charge in [0.1, 0.15) is 29.5 Å². The molecular formula is C45H67ClN8O7S. The molecule has 1 heterocycles. The molecule has 0 radical (unpaired) electrons. The number of carbonyl (C=O) groups is 4. The van der Waals surface area contributed by atoms with Gasteiger partial charge in [-0.3, -0.25) is 28.7 Å². The number of guanidine groups is 1. The van der Waals surface area contributed by atoms with Gasteiger partial charge in [0.05, 0.1) is 11.2 Å². The van der Waals surface area contributed by atoms with Crippen LogP contribution in [0.1, 0.15) is 101 Å². The number of halogens is 1. The van der Waals surface area contributed by atoms with Crippen molar-refractivity contribution in [3.8, 4) is 5.75 Å². The van der Waals surface area contributed by atoms with Gasteiger partial charge in [0.2, 0.25) is 29.6 Å². The van der Waals surface area contributed by atoms with Crippen molar-refractivity contribution in [1.29, 1.82) is 0 Å². The van der Waals surface area contributed by atoms with Crippen LogP contribution < -0.4 is 36.0 Å². The number of ether oxygens (including phenoxy) is 1. The zero-order chi connectivity index (χ0) is 46.7. The first-order valence-electron chi connectivity index (χ1n) is 20.9. The van der Waals surface area contributed by atoms with E-state index in [1.807, 2.05) is 48.5 Å². The molecule has 17 heteroatoms. The number of amides is 4. The van der Waals surface area contributed by atoms with Gasteiger partial charge in [-0.05, 0) is 114 Å². The highest BCUT2D eigenvalue weighted by molar-refractivity contribution is 7.81. The molecule has 2 aromatic rings. The number of nitrogens with two attached hydrogens (primary N) is 1. The average Bonchev–Trinajstić information content (AvgIpc) is 3.55. The number of hydrogen-bond donors (Lipinski definition) is 6. The number of carbonyl (C=O) groups excluding carboxylic acids is 4. The number of anilines is 1. The molecule has 5 atom stereocenters. The molecule has 7 N–H and O–H groups in total. The zero-order valence-electron chi connectivity index (χ0n) is 37.9. The predicted octanol–water partition coefficient (Wildman–Crippen LogP) is 5.48. The molecule has 0 fully saturated rings. The van der Waals surface area contributed by atoms with E-state index in [0.717, 1.165) is 32.3 Å². The Labute approximate surface area is 375 Å². The van der Waals surface area contributed by atoms with Crippen molar-refractivity contribution in [2.75, 3.05) is 31.0 Å². The average molecular weight is 900 g/mol. The van der Waals surface area contributed by atoms with Crippen molar-refractivity contribution in [1.82, 2.24) is 26.2 Å². The van der Waals surface area contributed by atoms with Gasteiger partial charge in [0.15, 0.2) is 0 Å². The fourth-order valence-electron chi connectivity index (χ4n) is 7.25. The number of nitrogens with zero attached hydrogens (tertiary/aromatic N) is 3. The molecule has 342 valence electrons. The second-order valence-electron chi connectivity index (χ2n) is 17.1. The minimum atomic E-state index is -2.58. The third-order valence-electron chi connectivity index (χ3n) is 10.9. The molecule has 3 rings (SSSR count). The highest BCUT2D eigenvalue weighted by Crippen LogP contribution is 2.45. The van der Waals surface area contributed by atoms with Crippen LogP contribution in [0.4, 0.5) is 5.69 Å². The Kier molecular flexibility index (Phi) is 18.8. The Hall–Kier alpha value is -4.77. The quantitative estimate of drug-likeness (QED) is 0.0291. The van der Waals surface area contributed by atoms with E-state index in [2.05, 4.69) is 39.4 Å². The topological polar surface area (TPSA) is 208 Å². The van der Waals surface area contributed by atoms with Crippen LogP contribution in [0.2, 0.25) is 5.02 Å². The van der Waals surface area contributed by atoms with Gasteiger partial charge >= 0.3 is 0 Å². The standard InChI is InChI=1S/C45H67ClN8O7S/c1-13-22-45(11,49-26-27(4)5)42(58)51-35(40(56)50-34(15-3)39(55)52-36(41(57)53(12)24-14-2)31-18-20-32(46)21-19-31)17-16-23-48-43(47)54(62(59)60)37-28(6)29(7)38-33(30(37)8)25-44(9,10)61-38/h13-14,18-21,27,34-36,49H,1-2,15-17,22-26H2,3-12H3,(H2,47,48)(H,50,56)(H,51,58)(H,52,55)(H,59,60)/t34-,35-,36+,45+/m0/s1. The summed E-state index contributed by atoms with van der Waals surface area (Å²) in [7, 11) is 1.59. The molecule has 1 unspecified atom stereocenters. The lowest BCUT2D eigenvalue weighted by molar-refractivity contribution is -0.137. The first-order valence-corrected chi connectivity index (χ1v) is 22.4. The summed E-state index contributed by atoms with van der Waals surface area (Å²) in [6.07, 6.45) is 4.48. The van der Waals surface area contributed by atoms with Gasteiger partial charge in [-0.25, -0.2) is 8.51 Å². The molecule has 2 aromatic carbocycles. The van der Waals surface area contributed by atoms with E-state index in [0.29, 0.717) is 29.2 Å². The number of nitrogens with one attached hydrogen (secondary N) is 4. The van der Waals surface area contributed by atoms with Crippen LogP contribution in [0.25, 0.3) is 0 Å². The van der Waals surface area contributed by atoms with Crippen molar-refractivity contribution in [2.45, 2.75) is 124 Å². The molecule has 0 saturated heterocycles. The van der Waals surface area contributed by atoms with Gasteiger partial charge in [-0.15, -0.1) is 13.2 Å². The molecule has 1 aliphatic heterocycles. The number of rotatable bonds is 22. The molecule has 62 heavy (non-hydrogen) atoms. The summed E-state index contributed by atoms with van der Waals surface area (Å²) in [6.45, 7) is 25.3. The molecule has 15 nitrogen and oxygen atoms in total. The second kappa shape index (κ2) is 22.5. The summed E-state index contributed by atoms with van der Waals surface area (Å²) in [4.78, 5) is 61.5. The van der Waals surface area contributed by atoms with E-state index < -0.39 is 64.2 Å². The zero-order valence-corrected chi connectivity index (χ0v) is 39.5. The summed E-state index contributed by atoms with van der Waals surface area (Å²) < 4.78 is 30.7. The maximum absolute atomic E-state index is 14.2. The van der Waals surface area contributed by atoms with Crippen LogP contribution in [0, 0.1) is 26.7 Å². The van der Waals surface area contributed by atoms with Crippen LogP contribution in [-0.4, -0.2) is 93.2 Å². The Morgan fingerprint density at radius 1 is 1.03 bits per heavy atom. The van der Waals surface area contributed by atoms with Crippen LogP contribution in [0.5, 0.6) is 5.75 Å². The predicted molar refractivity (Wildman–Crippen MR) is 248 cm³/mol. The molecule has 0 bridgehead atoms. The van der Waals surface area contributed by atoms with E-state index >= 15 is 0 Å². The van der Waals surface area contributed by atoms with E-state index in [1.165, 1.54) is 4.90 Å². The first-order chi connectivity index (χ1) is 29.0. The molecule has 4 amide bonds. The van der Waals surface area contributed by atoms with Crippen LogP contribution in [0.15, 0.2) is 54.6 Å². The van der Waals surface area contributed by atoms with Gasteiger partial charge in [0.25, 0.3) is 11.3 Å². The molecule has 0 aromatic heterocycles. The number of aliphatic imine (C=N–C) groups is 1. The van der Waals surface area contributed by atoms with Gasteiger partial charge in [-0.2, -0.15) is 0 Å². The third-order valence-corrected chi connectivity index (χ3v) is 11.9. The fourth-order valence-corrected chi connectivity index (χ4v) is 8.03. The summed E-state index contributed by atoms with van der Waals surface area (Å²) in [5, 5.41) is 12.2. The van der Waals surface area contributed by atoms with Gasteiger partial charge in [0, 0.05) is 37.1 Å². The summed E-state index contributed by atoms with van der Waals surface area (Å²) in [5.74, 6) is -1.33. The Balaban J connectivity index is 1.92. The van der Waals surface area contributed by atoms with Crippen LogP contribution >= 0.6 is 11.6 Å². The smallest absolute Gasteiger partial charge is 0.269 e. The highest BCUT2D eigenvalue weighted by atomic mass is 35.5. The van der Waals surface area contributed by atoms with Crippen molar-refractivity contribution >= 4 is 58.1 Å². The molecule has 0 spiro atoms. The second-order valence-corrected chi connectivity index (χ2v) is 18.3. The van der Waals surface area contributed by atoms with Crippen molar-refractivity contribution in [3.63, 3.8) is 0 Å². The number of hydrogen-bond acceptors (Lipinski definition) is 8. The van der Waals surface area contributed by atoms with Gasteiger partial charge in [-0.1, -0.05) is 56.7 Å². The van der Waals surface area contributed by atoms with E-state index in [4.69, 9.17) is 22.1 Å². The normalized spacial score (nSPS) is 16.1. The fraction of sp³-hybridized carbons (Fsp3) is 0.533. The van der Waals surface area contributed by atoms with E-state index in [1.54, 1.807) is 57.3 Å². The number of fused-ring (bicyclic) bond motifs is 1. The summed E-state index contributed by atoms with van der Waals surface area (Å²) in [6, 6.07) is 3.18. The van der Waals surface area contributed by atoms with Crippen LogP contribution in [0.3, 0.4) is 0 Å². The molecule has 0 aliphatic carbocycles.